The number of para-hydroxylation sites is 1. The average molecular weight is 1180 g/mol. The summed E-state index contributed by atoms with van der Waals surface area (Å²) in [6, 6.07) is 71.1. The molecule has 88 heavy (non-hydrogen) atoms. The number of hydrogen-bond acceptors (Lipinski definition) is 9. The van der Waals surface area contributed by atoms with Gasteiger partial charge >= 0.3 is 30.0 Å². The molecule has 0 radical (unpaired) electrons. The highest BCUT2D eigenvalue weighted by atomic mass is 19.3. The monoisotopic (exact) mass is 1180 g/mol. The molecule has 0 saturated carbocycles. The van der Waals surface area contributed by atoms with Crippen molar-refractivity contribution in [3.8, 4) is 28.4 Å². The van der Waals surface area contributed by atoms with Crippen LogP contribution in [0.1, 0.15) is 129 Å². The minimum atomic E-state index is -2.58. The lowest BCUT2D eigenvalue weighted by atomic mass is 9.84. The SMILES string of the molecule is CCCCc1ccc(N(c2ccccc2)c2ccc(-c3ccc(N(c4ccc(CCCC)cc4)c4ccc(COC(=O)CCC(=O)Oc5ccc(C(C)CC(CC)c6ccc(OC(=O)c7ccc(OC(F)=C(F)F)cc7)cc6)cc5)cc4)cc3)cc2)cc1. The number of esters is 3. The van der Waals surface area contributed by atoms with E-state index >= 15 is 0 Å². The standard InChI is InChI=1S/C76H73F3N2O7/c1-5-8-13-54-17-33-64(34-18-54)80(63-15-11-10-12-16-63)67-39-23-60(24-40-67)61-25-41-68(42-26-61)81(65-35-19-55(20-36-65)14-9-6-2)66-37-21-56(22-38-66)52-85-72(82)49-50-73(83)86-69-43-27-58(28-44-69)53(4)51-57(7-3)59-29-45-71(46-30-59)88-76(84)62-31-47-70(48-32-62)87-75(79)74(77)78/h10-12,15-48,53,57H,5-9,13-14,49-52H2,1-4H3. The molecule has 0 aromatic heterocycles. The number of rotatable bonds is 28. The molecule has 0 spiro atoms. The number of halogens is 3. The quantitative estimate of drug-likeness (QED) is 0.0270. The van der Waals surface area contributed by atoms with Crippen LogP contribution in [0.5, 0.6) is 17.2 Å². The van der Waals surface area contributed by atoms with Crippen LogP contribution in [-0.4, -0.2) is 17.9 Å². The number of carbonyl (C=O) groups excluding carboxylic acids is 3. The summed E-state index contributed by atoms with van der Waals surface area (Å²) in [4.78, 5) is 43.1. The maximum Gasteiger partial charge on any atom is 0.344 e. The third kappa shape index (κ3) is 17.3. The molecule has 0 N–H and O–H groups in total. The minimum Gasteiger partial charge on any atom is -0.461 e. The zero-order chi connectivity index (χ0) is 61.8. The molecule has 0 heterocycles. The molecule has 0 aliphatic carbocycles. The summed E-state index contributed by atoms with van der Waals surface area (Å²) >= 11 is 0. The van der Waals surface area contributed by atoms with E-state index < -0.39 is 30.0 Å². The first kappa shape index (κ1) is 62.8. The van der Waals surface area contributed by atoms with Gasteiger partial charge in [0.15, 0.2) is 0 Å². The summed E-state index contributed by atoms with van der Waals surface area (Å²) in [5.41, 5.74) is 14.2. The van der Waals surface area contributed by atoms with Gasteiger partial charge < -0.3 is 28.7 Å². The molecule has 0 saturated heterocycles. The molecule has 450 valence electrons. The molecule has 12 heteroatoms. The van der Waals surface area contributed by atoms with Crippen molar-refractivity contribution in [2.45, 2.75) is 110 Å². The number of hydrogen-bond donors (Lipinski definition) is 0. The molecular weight excluding hydrogens is 1110 g/mol. The Hall–Kier alpha value is -9.68. The third-order valence-corrected chi connectivity index (χ3v) is 15.6. The second-order valence-electron chi connectivity index (χ2n) is 21.9. The first-order valence-electron chi connectivity index (χ1n) is 30.2. The second-order valence-corrected chi connectivity index (χ2v) is 21.9. The van der Waals surface area contributed by atoms with Crippen molar-refractivity contribution in [1.29, 1.82) is 0 Å². The van der Waals surface area contributed by atoms with Gasteiger partial charge in [-0.25, -0.2) is 4.79 Å². The Morgan fingerprint density at radius 2 is 0.841 bits per heavy atom. The fourth-order valence-corrected chi connectivity index (χ4v) is 10.6. The van der Waals surface area contributed by atoms with Crippen LogP contribution < -0.4 is 24.0 Å². The van der Waals surface area contributed by atoms with Crippen LogP contribution in [-0.2, 0) is 33.8 Å². The Labute approximate surface area is 514 Å². The Morgan fingerprint density at radius 1 is 0.432 bits per heavy atom. The van der Waals surface area contributed by atoms with Crippen LogP contribution in [0, 0.1) is 0 Å². The number of carbonyl (C=O) groups is 3. The lowest BCUT2D eigenvalue weighted by molar-refractivity contribution is -0.148. The van der Waals surface area contributed by atoms with Crippen LogP contribution in [0.15, 0.2) is 237 Å². The highest BCUT2D eigenvalue weighted by Crippen LogP contribution is 2.39. The normalized spacial score (nSPS) is 11.7. The van der Waals surface area contributed by atoms with Gasteiger partial charge in [-0.3, -0.25) is 9.59 Å². The number of aryl methyl sites for hydroxylation is 2. The van der Waals surface area contributed by atoms with Crippen LogP contribution in [0.2, 0.25) is 0 Å². The van der Waals surface area contributed by atoms with E-state index in [9.17, 15) is 27.6 Å². The molecule has 0 aliphatic heterocycles. The molecule has 2 atom stereocenters. The predicted octanol–water partition coefficient (Wildman–Crippen LogP) is 20.7. The van der Waals surface area contributed by atoms with Gasteiger partial charge in [0, 0.05) is 34.1 Å². The number of anilines is 6. The number of ether oxygens (including phenoxy) is 4. The van der Waals surface area contributed by atoms with E-state index in [0.29, 0.717) is 11.5 Å². The molecule has 0 amide bonds. The van der Waals surface area contributed by atoms with Gasteiger partial charge in [0.05, 0.1) is 18.4 Å². The first-order valence-corrected chi connectivity index (χ1v) is 30.2. The van der Waals surface area contributed by atoms with E-state index in [2.05, 4.69) is 164 Å². The van der Waals surface area contributed by atoms with E-state index in [0.717, 1.165) is 100 Å². The van der Waals surface area contributed by atoms with E-state index in [1.54, 1.807) is 24.3 Å². The van der Waals surface area contributed by atoms with Gasteiger partial charge in [-0.1, -0.05) is 144 Å². The third-order valence-electron chi connectivity index (χ3n) is 15.6. The zero-order valence-corrected chi connectivity index (χ0v) is 50.2. The Kier molecular flexibility index (Phi) is 22.2. The Morgan fingerprint density at radius 3 is 1.31 bits per heavy atom. The fourth-order valence-electron chi connectivity index (χ4n) is 10.6. The fraction of sp³-hybridized carbons (Fsp3) is 0.224. The highest BCUT2D eigenvalue weighted by Gasteiger charge is 2.20. The van der Waals surface area contributed by atoms with Gasteiger partial charge in [-0.15, -0.1) is 0 Å². The largest absolute Gasteiger partial charge is 0.461 e. The van der Waals surface area contributed by atoms with E-state index in [4.69, 9.17) is 14.2 Å². The summed E-state index contributed by atoms with van der Waals surface area (Å²) in [5, 5.41) is 0. The van der Waals surface area contributed by atoms with Gasteiger partial charge in [0.25, 0.3) is 0 Å². The molecule has 0 fully saturated rings. The van der Waals surface area contributed by atoms with Crippen LogP contribution in [0.25, 0.3) is 11.1 Å². The maximum absolute atomic E-state index is 13.1. The molecule has 9 nitrogen and oxygen atoms in total. The first-order chi connectivity index (χ1) is 42.8. The number of benzene rings is 9. The van der Waals surface area contributed by atoms with Crippen molar-refractivity contribution in [3.05, 3.63) is 270 Å². The summed E-state index contributed by atoms with van der Waals surface area (Å²) in [7, 11) is 0. The Bertz CT molecular complexity index is 3710. The summed E-state index contributed by atoms with van der Waals surface area (Å²) in [6.45, 7) is 8.72. The summed E-state index contributed by atoms with van der Waals surface area (Å²) in [5.74, 6) is -0.874. The second kappa shape index (κ2) is 31.1. The van der Waals surface area contributed by atoms with Crippen molar-refractivity contribution >= 4 is 52.0 Å². The molecule has 2 unspecified atom stereocenters. The van der Waals surface area contributed by atoms with Crippen molar-refractivity contribution in [3.63, 3.8) is 0 Å². The molecule has 9 aromatic rings. The summed E-state index contributed by atoms with van der Waals surface area (Å²) < 4.78 is 59.0. The minimum absolute atomic E-state index is 0.0510. The van der Waals surface area contributed by atoms with Gasteiger partial charge in [-0.05, 0) is 211 Å². The van der Waals surface area contributed by atoms with Crippen LogP contribution >= 0.6 is 0 Å². The molecule has 0 aliphatic rings. The lowest BCUT2D eigenvalue weighted by Crippen LogP contribution is -2.12. The number of nitrogens with zero attached hydrogens (tertiary/aromatic N) is 2. The summed E-state index contributed by atoms with van der Waals surface area (Å²) in [6.07, 6.45) is 5.54. The van der Waals surface area contributed by atoms with Gasteiger partial charge in [0.2, 0.25) is 0 Å². The van der Waals surface area contributed by atoms with Crippen molar-refractivity contribution < 1.29 is 46.5 Å². The Balaban J connectivity index is 0.762. The van der Waals surface area contributed by atoms with E-state index in [-0.39, 0.29) is 42.6 Å². The number of unbranched alkanes of at least 4 members (excludes halogenated alkanes) is 2. The maximum atomic E-state index is 13.1. The molecule has 9 rings (SSSR count). The predicted molar refractivity (Wildman–Crippen MR) is 344 cm³/mol. The van der Waals surface area contributed by atoms with Crippen LogP contribution in [0.3, 0.4) is 0 Å². The highest BCUT2D eigenvalue weighted by molar-refractivity contribution is 5.91. The van der Waals surface area contributed by atoms with Crippen molar-refractivity contribution in [2.75, 3.05) is 9.80 Å². The average Bonchev–Trinajstić information content (AvgIpc) is 3.66. The van der Waals surface area contributed by atoms with Crippen molar-refractivity contribution in [1.82, 2.24) is 0 Å². The lowest BCUT2D eigenvalue weighted by Gasteiger charge is -2.26. The van der Waals surface area contributed by atoms with E-state index in [1.165, 1.54) is 48.2 Å². The molecule has 0 bridgehead atoms. The van der Waals surface area contributed by atoms with Crippen molar-refractivity contribution in [2.24, 2.45) is 0 Å². The molecular formula is C76H73F3N2O7. The van der Waals surface area contributed by atoms with Crippen LogP contribution in [0.4, 0.5) is 47.3 Å². The molecule has 9 aromatic carbocycles. The van der Waals surface area contributed by atoms with E-state index in [1.807, 2.05) is 54.6 Å². The topological polar surface area (TPSA) is 94.6 Å². The zero-order valence-electron chi connectivity index (χ0n) is 50.2. The van der Waals surface area contributed by atoms with Gasteiger partial charge in [0.1, 0.15) is 23.9 Å². The van der Waals surface area contributed by atoms with Gasteiger partial charge in [-0.2, -0.15) is 13.2 Å². The smallest absolute Gasteiger partial charge is 0.344 e.